The van der Waals surface area contributed by atoms with Crippen LogP contribution in [0, 0.1) is 0 Å². The lowest BCUT2D eigenvalue weighted by Crippen LogP contribution is -2.00. The van der Waals surface area contributed by atoms with Gasteiger partial charge in [-0.05, 0) is 37.8 Å². The minimum absolute atomic E-state index is 0.114. The molecule has 0 spiro atoms. The topological polar surface area (TPSA) is 57.5 Å². The number of carbonyl (C=O) groups is 1. The molecule has 0 aliphatic rings. The third-order valence-electron chi connectivity index (χ3n) is 3.65. The van der Waals surface area contributed by atoms with Crippen LogP contribution in [0.1, 0.15) is 56.9 Å². The second kappa shape index (κ2) is 10.7. The Morgan fingerprint density at radius 2 is 1.68 bits per heavy atom. The van der Waals surface area contributed by atoms with Crippen molar-refractivity contribution in [1.29, 1.82) is 0 Å². The van der Waals surface area contributed by atoms with Crippen LogP contribution >= 0.6 is 0 Å². The SMILES string of the molecule is C=CCCCCCCCCC(=Cc1ccccc1O)C(=O)O. The van der Waals surface area contributed by atoms with Gasteiger partial charge in [0.1, 0.15) is 5.75 Å². The molecule has 0 atom stereocenters. The molecule has 0 bridgehead atoms. The molecule has 2 N–H and O–H groups in total. The summed E-state index contributed by atoms with van der Waals surface area (Å²) in [6, 6.07) is 6.79. The Hall–Kier alpha value is -2.03. The van der Waals surface area contributed by atoms with Crippen molar-refractivity contribution in [3.8, 4) is 5.75 Å². The van der Waals surface area contributed by atoms with Crippen molar-refractivity contribution < 1.29 is 15.0 Å². The monoisotopic (exact) mass is 302 g/mol. The van der Waals surface area contributed by atoms with E-state index in [1.807, 2.05) is 6.08 Å². The van der Waals surface area contributed by atoms with E-state index in [1.165, 1.54) is 19.3 Å². The molecule has 1 aromatic carbocycles. The van der Waals surface area contributed by atoms with E-state index in [0.717, 1.165) is 25.7 Å². The summed E-state index contributed by atoms with van der Waals surface area (Å²) in [6.45, 7) is 3.70. The van der Waals surface area contributed by atoms with Gasteiger partial charge in [-0.3, -0.25) is 0 Å². The van der Waals surface area contributed by atoms with E-state index in [9.17, 15) is 15.0 Å². The number of carboxylic acids is 1. The summed E-state index contributed by atoms with van der Waals surface area (Å²) in [5.41, 5.74) is 0.914. The van der Waals surface area contributed by atoms with E-state index < -0.39 is 5.97 Å². The average Bonchev–Trinajstić information content (AvgIpc) is 2.50. The highest BCUT2D eigenvalue weighted by atomic mass is 16.4. The lowest BCUT2D eigenvalue weighted by Gasteiger charge is -2.05. The fraction of sp³-hybridized carbons (Fsp3) is 0.421. The van der Waals surface area contributed by atoms with E-state index in [0.29, 0.717) is 17.6 Å². The molecular formula is C19H26O3. The van der Waals surface area contributed by atoms with E-state index in [-0.39, 0.29) is 5.75 Å². The van der Waals surface area contributed by atoms with Gasteiger partial charge in [-0.25, -0.2) is 4.79 Å². The van der Waals surface area contributed by atoms with Crippen LogP contribution in [0.3, 0.4) is 0 Å². The molecule has 0 aliphatic heterocycles. The lowest BCUT2D eigenvalue weighted by molar-refractivity contribution is -0.132. The molecule has 0 aromatic heterocycles. The first-order chi connectivity index (χ1) is 10.6. The maximum Gasteiger partial charge on any atom is 0.331 e. The zero-order valence-corrected chi connectivity index (χ0v) is 13.1. The summed E-state index contributed by atoms with van der Waals surface area (Å²) in [7, 11) is 0. The molecule has 120 valence electrons. The molecule has 3 heteroatoms. The number of hydrogen-bond acceptors (Lipinski definition) is 2. The summed E-state index contributed by atoms with van der Waals surface area (Å²) in [4.78, 5) is 11.3. The number of para-hydroxylation sites is 1. The smallest absolute Gasteiger partial charge is 0.331 e. The molecule has 0 aliphatic carbocycles. The minimum atomic E-state index is -0.908. The molecule has 1 rings (SSSR count). The molecule has 0 unspecified atom stereocenters. The van der Waals surface area contributed by atoms with Gasteiger partial charge in [0.05, 0.1) is 0 Å². The standard InChI is InChI=1S/C19H26O3/c1-2-3-4-5-6-7-8-9-13-17(19(21)22)15-16-12-10-11-14-18(16)20/h2,10-12,14-15,20H,1,3-9,13H2,(H,21,22). The van der Waals surface area contributed by atoms with Gasteiger partial charge >= 0.3 is 5.97 Å². The zero-order chi connectivity index (χ0) is 16.2. The van der Waals surface area contributed by atoms with Gasteiger partial charge in [0, 0.05) is 11.1 Å². The number of carboxylic acid groups (broad SMARTS) is 1. The first-order valence-electron chi connectivity index (χ1n) is 7.98. The molecule has 0 saturated heterocycles. The van der Waals surface area contributed by atoms with Crippen LogP contribution in [-0.2, 0) is 4.79 Å². The number of aromatic hydroxyl groups is 1. The number of aliphatic carboxylic acids is 1. The minimum Gasteiger partial charge on any atom is -0.507 e. The van der Waals surface area contributed by atoms with Crippen molar-refractivity contribution in [1.82, 2.24) is 0 Å². The Morgan fingerprint density at radius 1 is 1.05 bits per heavy atom. The van der Waals surface area contributed by atoms with Gasteiger partial charge in [-0.2, -0.15) is 0 Å². The molecule has 0 fully saturated rings. The zero-order valence-electron chi connectivity index (χ0n) is 13.1. The summed E-state index contributed by atoms with van der Waals surface area (Å²) < 4.78 is 0. The Morgan fingerprint density at radius 3 is 2.32 bits per heavy atom. The number of phenols is 1. The molecule has 3 nitrogen and oxygen atoms in total. The van der Waals surface area contributed by atoms with Crippen molar-refractivity contribution in [3.63, 3.8) is 0 Å². The third kappa shape index (κ3) is 7.11. The van der Waals surface area contributed by atoms with Gasteiger partial charge in [0.25, 0.3) is 0 Å². The van der Waals surface area contributed by atoms with Crippen LogP contribution in [0.5, 0.6) is 5.75 Å². The third-order valence-corrected chi connectivity index (χ3v) is 3.65. The Bertz CT molecular complexity index is 503. The Labute approximate surface area is 133 Å². The first-order valence-corrected chi connectivity index (χ1v) is 7.98. The average molecular weight is 302 g/mol. The summed E-state index contributed by atoms with van der Waals surface area (Å²) in [6.07, 6.45) is 11.8. The highest BCUT2D eigenvalue weighted by Crippen LogP contribution is 2.21. The molecule has 0 amide bonds. The number of benzene rings is 1. The van der Waals surface area contributed by atoms with E-state index >= 15 is 0 Å². The number of phenolic OH excluding ortho intramolecular Hbond substituents is 1. The van der Waals surface area contributed by atoms with Crippen molar-refractivity contribution in [2.45, 2.75) is 51.4 Å². The molecule has 1 aromatic rings. The number of rotatable bonds is 11. The fourth-order valence-corrected chi connectivity index (χ4v) is 2.35. The second-order valence-electron chi connectivity index (χ2n) is 5.48. The summed E-state index contributed by atoms with van der Waals surface area (Å²) in [5.74, 6) is -0.794. The molecule has 0 heterocycles. The van der Waals surface area contributed by atoms with Crippen molar-refractivity contribution >= 4 is 12.0 Å². The highest BCUT2D eigenvalue weighted by Gasteiger charge is 2.08. The predicted octanol–water partition coefficient (Wildman–Crippen LogP) is 5.17. The van der Waals surface area contributed by atoms with Gasteiger partial charge in [0.15, 0.2) is 0 Å². The maximum atomic E-state index is 11.3. The molecular weight excluding hydrogens is 276 g/mol. The number of allylic oxidation sites excluding steroid dienone is 1. The second-order valence-corrected chi connectivity index (χ2v) is 5.48. The van der Waals surface area contributed by atoms with Crippen LogP contribution < -0.4 is 0 Å². The van der Waals surface area contributed by atoms with Gasteiger partial charge < -0.3 is 10.2 Å². The first kappa shape index (κ1) is 18.0. The summed E-state index contributed by atoms with van der Waals surface area (Å²) in [5, 5.41) is 19.0. The van der Waals surface area contributed by atoms with E-state index in [4.69, 9.17) is 0 Å². The van der Waals surface area contributed by atoms with E-state index in [1.54, 1.807) is 30.3 Å². The number of hydrogen-bond donors (Lipinski definition) is 2. The molecule has 22 heavy (non-hydrogen) atoms. The van der Waals surface area contributed by atoms with Gasteiger partial charge in [0.2, 0.25) is 0 Å². The van der Waals surface area contributed by atoms with Gasteiger partial charge in [-0.15, -0.1) is 6.58 Å². The van der Waals surface area contributed by atoms with Crippen molar-refractivity contribution in [3.05, 3.63) is 48.1 Å². The molecule has 0 radical (unpaired) electrons. The Balaban J connectivity index is 2.38. The van der Waals surface area contributed by atoms with Crippen molar-refractivity contribution in [2.75, 3.05) is 0 Å². The van der Waals surface area contributed by atoms with Crippen LogP contribution in [0.2, 0.25) is 0 Å². The molecule has 0 saturated carbocycles. The van der Waals surface area contributed by atoms with Crippen LogP contribution in [0.15, 0.2) is 42.5 Å². The Kier molecular flexibility index (Phi) is 8.73. The highest BCUT2D eigenvalue weighted by molar-refractivity contribution is 5.92. The maximum absolute atomic E-state index is 11.3. The van der Waals surface area contributed by atoms with Crippen LogP contribution in [0.25, 0.3) is 6.08 Å². The fourth-order valence-electron chi connectivity index (χ4n) is 2.35. The lowest BCUT2D eigenvalue weighted by atomic mass is 10.0. The largest absolute Gasteiger partial charge is 0.507 e. The normalized spacial score (nSPS) is 11.4. The quantitative estimate of drug-likeness (QED) is 0.337. The van der Waals surface area contributed by atoms with Gasteiger partial charge in [-0.1, -0.05) is 50.0 Å². The van der Waals surface area contributed by atoms with E-state index in [2.05, 4.69) is 6.58 Å². The predicted molar refractivity (Wildman–Crippen MR) is 90.9 cm³/mol. The van der Waals surface area contributed by atoms with Crippen LogP contribution in [-0.4, -0.2) is 16.2 Å². The van der Waals surface area contributed by atoms with Crippen LogP contribution in [0.4, 0.5) is 0 Å². The number of unbranched alkanes of at least 4 members (excludes halogenated alkanes) is 6. The van der Waals surface area contributed by atoms with Crippen molar-refractivity contribution in [2.24, 2.45) is 0 Å². The summed E-state index contributed by atoms with van der Waals surface area (Å²) >= 11 is 0.